The predicted molar refractivity (Wildman–Crippen MR) is 114 cm³/mol. The molecule has 1 unspecified atom stereocenters. The molecular weight excluding hydrogens is 354 g/mol. The standard InChI is InChI=1S/C23H41NO4/c1-2-3-4-5-6-7-8-9-10-11-12-13-14-15-16-19-22(26)24-21(23(27)28)18-17-20-25/h9-10,20-21H,2-8,11-19H2,1H3,(H,24,26)(H,27,28)/b10-9-. The Labute approximate surface area is 171 Å². The van der Waals surface area contributed by atoms with Crippen LogP contribution in [0.25, 0.3) is 0 Å². The van der Waals surface area contributed by atoms with Gasteiger partial charge in [-0.3, -0.25) is 4.79 Å². The van der Waals surface area contributed by atoms with Gasteiger partial charge in [0.1, 0.15) is 12.3 Å². The van der Waals surface area contributed by atoms with Crippen molar-refractivity contribution in [1.29, 1.82) is 0 Å². The lowest BCUT2D eigenvalue weighted by molar-refractivity contribution is -0.142. The molecule has 5 nitrogen and oxygen atoms in total. The van der Waals surface area contributed by atoms with E-state index in [1.807, 2.05) is 0 Å². The zero-order valence-electron chi connectivity index (χ0n) is 17.8. The van der Waals surface area contributed by atoms with Crippen LogP contribution in [0.15, 0.2) is 12.2 Å². The molecule has 0 aliphatic rings. The Hall–Kier alpha value is -1.65. The molecule has 0 rings (SSSR count). The SMILES string of the molecule is CCCCCCCC/C=C\CCCCCCCC(=O)NC(CCC=O)C(=O)O. The van der Waals surface area contributed by atoms with E-state index < -0.39 is 12.0 Å². The Morgan fingerprint density at radius 1 is 0.821 bits per heavy atom. The lowest BCUT2D eigenvalue weighted by atomic mass is 10.1. The van der Waals surface area contributed by atoms with Gasteiger partial charge < -0.3 is 15.2 Å². The number of unbranched alkanes of at least 4 members (excludes halogenated alkanes) is 11. The minimum absolute atomic E-state index is 0.144. The van der Waals surface area contributed by atoms with Crippen molar-refractivity contribution in [2.45, 2.75) is 116 Å². The van der Waals surface area contributed by atoms with Crippen LogP contribution in [0.1, 0.15) is 110 Å². The van der Waals surface area contributed by atoms with Crippen LogP contribution in [0, 0.1) is 0 Å². The topological polar surface area (TPSA) is 83.5 Å². The number of aliphatic carboxylic acids is 1. The van der Waals surface area contributed by atoms with E-state index in [1.165, 1.54) is 57.8 Å². The molecule has 0 aromatic heterocycles. The van der Waals surface area contributed by atoms with Crippen molar-refractivity contribution in [2.75, 3.05) is 0 Å². The number of amides is 1. The van der Waals surface area contributed by atoms with Gasteiger partial charge in [0.2, 0.25) is 5.91 Å². The number of carbonyl (C=O) groups excluding carboxylic acids is 2. The van der Waals surface area contributed by atoms with Gasteiger partial charge in [-0.05, 0) is 38.5 Å². The molecule has 5 heteroatoms. The summed E-state index contributed by atoms with van der Waals surface area (Å²) in [4.78, 5) is 33.1. The summed E-state index contributed by atoms with van der Waals surface area (Å²) in [6.45, 7) is 2.25. The van der Waals surface area contributed by atoms with Crippen LogP contribution in [-0.2, 0) is 14.4 Å². The molecule has 1 amide bonds. The minimum Gasteiger partial charge on any atom is -0.480 e. The van der Waals surface area contributed by atoms with E-state index in [1.54, 1.807) is 0 Å². The second kappa shape index (κ2) is 20.1. The second-order valence-corrected chi connectivity index (χ2v) is 7.54. The lowest BCUT2D eigenvalue weighted by Crippen LogP contribution is -2.40. The fourth-order valence-electron chi connectivity index (χ4n) is 3.11. The van der Waals surface area contributed by atoms with Crippen molar-refractivity contribution < 1.29 is 19.5 Å². The first kappa shape index (κ1) is 26.4. The molecular formula is C23H41NO4. The second-order valence-electron chi connectivity index (χ2n) is 7.54. The molecule has 1 atom stereocenters. The van der Waals surface area contributed by atoms with Gasteiger partial charge in [-0.15, -0.1) is 0 Å². The van der Waals surface area contributed by atoms with Gasteiger partial charge in [-0.1, -0.05) is 70.4 Å². The molecule has 0 saturated carbocycles. The van der Waals surface area contributed by atoms with Crippen LogP contribution in [0.2, 0.25) is 0 Å². The van der Waals surface area contributed by atoms with Crippen LogP contribution in [0.3, 0.4) is 0 Å². The van der Waals surface area contributed by atoms with Crippen molar-refractivity contribution in [3.05, 3.63) is 12.2 Å². The highest BCUT2D eigenvalue weighted by molar-refractivity contribution is 5.83. The molecule has 2 N–H and O–H groups in total. The van der Waals surface area contributed by atoms with Crippen LogP contribution < -0.4 is 5.32 Å². The van der Waals surface area contributed by atoms with E-state index in [4.69, 9.17) is 5.11 Å². The third kappa shape index (κ3) is 17.7. The number of nitrogens with one attached hydrogen (secondary N) is 1. The molecule has 0 saturated heterocycles. The number of hydrogen-bond acceptors (Lipinski definition) is 3. The molecule has 0 bridgehead atoms. The number of rotatable bonds is 20. The molecule has 0 aromatic carbocycles. The van der Waals surface area contributed by atoms with Crippen LogP contribution >= 0.6 is 0 Å². The van der Waals surface area contributed by atoms with Crippen molar-refractivity contribution in [3.8, 4) is 0 Å². The summed E-state index contributed by atoms with van der Waals surface area (Å²) in [5.41, 5.74) is 0. The summed E-state index contributed by atoms with van der Waals surface area (Å²) in [6.07, 6.45) is 21.6. The Morgan fingerprint density at radius 3 is 1.89 bits per heavy atom. The average Bonchev–Trinajstić information content (AvgIpc) is 2.67. The number of allylic oxidation sites excluding steroid dienone is 2. The van der Waals surface area contributed by atoms with Crippen LogP contribution in [0.4, 0.5) is 0 Å². The molecule has 0 radical (unpaired) electrons. The highest BCUT2D eigenvalue weighted by Gasteiger charge is 2.18. The summed E-state index contributed by atoms with van der Waals surface area (Å²) >= 11 is 0. The average molecular weight is 396 g/mol. The van der Waals surface area contributed by atoms with Gasteiger partial charge in [-0.2, -0.15) is 0 Å². The monoisotopic (exact) mass is 395 g/mol. The Morgan fingerprint density at radius 2 is 1.36 bits per heavy atom. The maximum Gasteiger partial charge on any atom is 0.326 e. The van der Waals surface area contributed by atoms with Crippen molar-refractivity contribution in [3.63, 3.8) is 0 Å². The Balaban J connectivity index is 3.48. The van der Waals surface area contributed by atoms with E-state index in [9.17, 15) is 14.4 Å². The van der Waals surface area contributed by atoms with Crippen LogP contribution in [0.5, 0.6) is 0 Å². The number of carbonyl (C=O) groups is 3. The molecule has 0 heterocycles. The zero-order chi connectivity index (χ0) is 20.9. The normalized spacial score (nSPS) is 12.2. The molecule has 0 aliphatic carbocycles. The highest BCUT2D eigenvalue weighted by Crippen LogP contribution is 2.10. The Bertz CT molecular complexity index is 434. The fraction of sp³-hybridized carbons (Fsp3) is 0.783. The molecule has 162 valence electrons. The lowest BCUT2D eigenvalue weighted by Gasteiger charge is -2.13. The van der Waals surface area contributed by atoms with Crippen molar-refractivity contribution >= 4 is 18.2 Å². The van der Waals surface area contributed by atoms with Gasteiger partial charge in [0.25, 0.3) is 0 Å². The smallest absolute Gasteiger partial charge is 0.326 e. The van der Waals surface area contributed by atoms with Gasteiger partial charge in [0, 0.05) is 12.8 Å². The number of carboxylic acids is 1. The maximum atomic E-state index is 11.8. The fourth-order valence-corrected chi connectivity index (χ4v) is 3.11. The van der Waals surface area contributed by atoms with Crippen LogP contribution in [-0.4, -0.2) is 29.3 Å². The number of hydrogen-bond donors (Lipinski definition) is 2. The van der Waals surface area contributed by atoms with Gasteiger partial charge in [0.05, 0.1) is 0 Å². The highest BCUT2D eigenvalue weighted by atomic mass is 16.4. The third-order valence-electron chi connectivity index (χ3n) is 4.87. The van der Waals surface area contributed by atoms with Crippen molar-refractivity contribution in [2.24, 2.45) is 0 Å². The zero-order valence-corrected chi connectivity index (χ0v) is 17.8. The third-order valence-corrected chi connectivity index (χ3v) is 4.87. The molecule has 0 aliphatic heterocycles. The summed E-state index contributed by atoms with van der Waals surface area (Å²) < 4.78 is 0. The van der Waals surface area contributed by atoms with E-state index in [2.05, 4.69) is 24.4 Å². The van der Waals surface area contributed by atoms with E-state index in [0.29, 0.717) is 12.7 Å². The first-order valence-electron chi connectivity index (χ1n) is 11.2. The summed E-state index contributed by atoms with van der Waals surface area (Å²) in [5, 5.41) is 11.5. The summed E-state index contributed by atoms with van der Waals surface area (Å²) in [7, 11) is 0. The number of carboxylic acid groups (broad SMARTS) is 1. The molecule has 0 aromatic rings. The first-order valence-corrected chi connectivity index (χ1v) is 11.2. The van der Waals surface area contributed by atoms with E-state index in [-0.39, 0.29) is 18.7 Å². The molecule has 0 spiro atoms. The van der Waals surface area contributed by atoms with E-state index in [0.717, 1.165) is 25.7 Å². The molecule has 28 heavy (non-hydrogen) atoms. The van der Waals surface area contributed by atoms with Crippen molar-refractivity contribution in [1.82, 2.24) is 5.32 Å². The number of aldehydes is 1. The van der Waals surface area contributed by atoms with Gasteiger partial charge in [-0.25, -0.2) is 4.79 Å². The largest absolute Gasteiger partial charge is 0.480 e. The minimum atomic E-state index is -1.08. The first-order chi connectivity index (χ1) is 13.6. The summed E-state index contributed by atoms with van der Waals surface area (Å²) in [5.74, 6) is -1.32. The quantitative estimate of drug-likeness (QED) is 0.160. The summed E-state index contributed by atoms with van der Waals surface area (Å²) in [6, 6.07) is -0.958. The Kier molecular flexibility index (Phi) is 18.9. The van der Waals surface area contributed by atoms with E-state index >= 15 is 0 Å². The van der Waals surface area contributed by atoms with Gasteiger partial charge >= 0.3 is 5.97 Å². The maximum absolute atomic E-state index is 11.8. The predicted octanol–water partition coefficient (Wildman–Crippen LogP) is 5.57. The molecule has 0 fully saturated rings. The van der Waals surface area contributed by atoms with Gasteiger partial charge in [0.15, 0.2) is 0 Å².